The number of anilines is 1. The van der Waals surface area contributed by atoms with Gasteiger partial charge in [0.05, 0.1) is 11.1 Å². The van der Waals surface area contributed by atoms with E-state index in [0.29, 0.717) is 5.69 Å². The van der Waals surface area contributed by atoms with E-state index in [-0.39, 0.29) is 11.1 Å². The van der Waals surface area contributed by atoms with Crippen molar-refractivity contribution in [2.75, 3.05) is 5.32 Å². The Hall–Kier alpha value is -4.46. The average molecular weight is 475 g/mol. The summed E-state index contributed by atoms with van der Waals surface area (Å²) in [5, 5.41) is 12.4. The van der Waals surface area contributed by atoms with Crippen LogP contribution >= 0.6 is 0 Å². The van der Waals surface area contributed by atoms with Gasteiger partial charge in [-0.25, -0.2) is 14.4 Å². The molecule has 3 rings (SSSR count). The fourth-order valence-corrected chi connectivity index (χ4v) is 3.34. The molecule has 0 radical (unpaired) electrons. The number of amides is 1. The minimum atomic E-state index is -2.10. The highest BCUT2D eigenvalue weighted by atomic mass is 16.6. The molecule has 0 aromatic heterocycles. The number of carbonyl (C=O) groups is 4. The number of aliphatic carboxylic acids is 1. The molecule has 0 bridgehead atoms. The number of hydrogen-bond acceptors (Lipinski definition) is 6. The molecule has 0 heterocycles. The van der Waals surface area contributed by atoms with Crippen molar-refractivity contribution in [3.05, 3.63) is 101 Å². The van der Waals surface area contributed by atoms with Gasteiger partial charge < -0.3 is 19.9 Å². The first-order valence-electron chi connectivity index (χ1n) is 10.8. The molecule has 0 fully saturated rings. The highest BCUT2D eigenvalue weighted by molar-refractivity contribution is 6.01. The van der Waals surface area contributed by atoms with Crippen molar-refractivity contribution in [1.29, 1.82) is 0 Å². The summed E-state index contributed by atoms with van der Waals surface area (Å²) in [6.45, 7) is 5.34. The van der Waals surface area contributed by atoms with Crippen LogP contribution in [0.15, 0.2) is 72.8 Å². The zero-order valence-electron chi connectivity index (χ0n) is 19.5. The van der Waals surface area contributed by atoms with Crippen LogP contribution in [0.25, 0.3) is 0 Å². The van der Waals surface area contributed by atoms with Crippen molar-refractivity contribution in [3.8, 4) is 0 Å². The van der Waals surface area contributed by atoms with E-state index in [1.807, 2.05) is 13.0 Å². The van der Waals surface area contributed by atoms with E-state index in [1.165, 1.54) is 24.3 Å². The van der Waals surface area contributed by atoms with Gasteiger partial charge in [0.15, 0.2) is 0 Å². The van der Waals surface area contributed by atoms with Crippen molar-refractivity contribution in [1.82, 2.24) is 0 Å². The number of rotatable bonds is 8. The zero-order valence-corrected chi connectivity index (χ0v) is 19.5. The van der Waals surface area contributed by atoms with Crippen LogP contribution in [0.3, 0.4) is 0 Å². The number of esters is 2. The molecule has 2 atom stereocenters. The number of nitrogens with one attached hydrogen (secondary N) is 1. The molecular weight excluding hydrogens is 450 g/mol. The number of benzene rings is 3. The maximum absolute atomic E-state index is 13.1. The summed E-state index contributed by atoms with van der Waals surface area (Å²) >= 11 is 0. The smallest absolute Gasteiger partial charge is 0.349 e. The third kappa shape index (κ3) is 6.77. The van der Waals surface area contributed by atoms with Gasteiger partial charge in [0, 0.05) is 5.69 Å². The lowest BCUT2D eigenvalue weighted by Crippen LogP contribution is -2.48. The van der Waals surface area contributed by atoms with Gasteiger partial charge in [-0.15, -0.1) is 0 Å². The highest BCUT2D eigenvalue weighted by Gasteiger charge is 2.41. The molecule has 8 heteroatoms. The maximum atomic E-state index is 13.1. The fourth-order valence-electron chi connectivity index (χ4n) is 3.34. The Kier molecular flexibility index (Phi) is 7.99. The Morgan fingerprint density at radius 3 is 1.60 bits per heavy atom. The second-order valence-electron chi connectivity index (χ2n) is 8.09. The van der Waals surface area contributed by atoms with E-state index < -0.39 is 36.0 Å². The first-order valence-corrected chi connectivity index (χ1v) is 10.8. The van der Waals surface area contributed by atoms with Gasteiger partial charge in [-0.2, -0.15) is 0 Å². The normalized spacial score (nSPS) is 12.2. The van der Waals surface area contributed by atoms with Gasteiger partial charge in [-0.1, -0.05) is 47.5 Å². The van der Waals surface area contributed by atoms with Gasteiger partial charge in [-0.05, 0) is 62.7 Å². The van der Waals surface area contributed by atoms with Crippen LogP contribution in [-0.4, -0.2) is 41.1 Å². The molecule has 35 heavy (non-hydrogen) atoms. The summed E-state index contributed by atoms with van der Waals surface area (Å²) in [4.78, 5) is 50.7. The monoisotopic (exact) mass is 475 g/mol. The summed E-state index contributed by atoms with van der Waals surface area (Å²) in [5.74, 6) is -4.51. The minimum Gasteiger partial charge on any atom is -0.478 e. The summed E-state index contributed by atoms with van der Waals surface area (Å²) in [6.07, 6.45) is -4.06. The van der Waals surface area contributed by atoms with Gasteiger partial charge >= 0.3 is 17.9 Å². The van der Waals surface area contributed by atoms with E-state index in [2.05, 4.69) is 5.32 Å². The lowest BCUT2D eigenvalue weighted by molar-refractivity contribution is -0.157. The standard InChI is InChI=1S/C27H25NO7/c1-16-7-4-10-19(13-16)26(32)34-22(24(29)28-21-12-6-9-18(3)15-21)23(25(30)31)35-27(33)20-11-5-8-17(2)14-20/h4-15,22-23H,1-3H3,(H,28,29)(H,30,31). The number of aryl methyl sites for hydroxylation is 3. The molecule has 0 aliphatic carbocycles. The van der Waals surface area contributed by atoms with Crippen LogP contribution in [0.2, 0.25) is 0 Å². The predicted octanol–water partition coefficient (Wildman–Crippen LogP) is 4.09. The molecule has 3 aromatic rings. The molecule has 2 N–H and O–H groups in total. The molecule has 0 spiro atoms. The van der Waals surface area contributed by atoms with E-state index in [9.17, 15) is 24.3 Å². The van der Waals surface area contributed by atoms with Gasteiger partial charge in [0.2, 0.25) is 12.2 Å². The summed E-state index contributed by atoms with van der Waals surface area (Å²) in [7, 11) is 0. The second-order valence-corrected chi connectivity index (χ2v) is 8.09. The molecule has 3 aromatic carbocycles. The summed E-state index contributed by atoms with van der Waals surface area (Å²) in [5.41, 5.74) is 2.94. The van der Waals surface area contributed by atoms with Crippen LogP contribution in [0, 0.1) is 20.8 Å². The number of carboxylic acid groups (broad SMARTS) is 1. The van der Waals surface area contributed by atoms with Crippen molar-refractivity contribution in [3.63, 3.8) is 0 Å². The molecular formula is C27H25NO7. The molecule has 2 unspecified atom stereocenters. The molecule has 0 saturated heterocycles. The number of carboxylic acids is 1. The lowest BCUT2D eigenvalue weighted by Gasteiger charge is -2.23. The highest BCUT2D eigenvalue weighted by Crippen LogP contribution is 2.17. The number of ether oxygens (including phenoxy) is 2. The fraction of sp³-hybridized carbons (Fsp3) is 0.185. The quantitative estimate of drug-likeness (QED) is 0.471. The Morgan fingerprint density at radius 1 is 0.686 bits per heavy atom. The van der Waals surface area contributed by atoms with E-state index in [4.69, 9.17) is 9.47 Å². The third-order valence-electron chi connectivity index (χ3n) is 5.04. The molecule has 1 amide bonds. The van der Waals surface area contributed by atoms with Crippen LogP contribution in [0.4, 0.5) is 5.69 Å². The van der Waals surface area contributed by atoms with Crippen molar-refractivity contribution < 1.29 is 33.8 Å². The summed E-state index contributed by atoms with van der Waals surface area (Å²) in [6, 6.07) is 19.5. The van der Waals surface area contributed by atoms with Gasteiger partial charge in [-0.3, -0.25) is 4.79 Å². The minimum absolute atomic E-state index is 0.0964. The first kappa shape index (κ1) is 25.2. The Balaban J connectivity index is 1.92. The van der Waals surface area contributed by atoms with Crippen LogP contribution < -0.4 is 5.32 Å². The Morgan fingerprint density at radius 2 is 1.14 bits per heavy atom. The molecule has 0 aliphatic heterocycles. The van der Waals surface area contributed by atoms with Crippen LogP contribution in [-0.2, 0) is 19.1 Å². The van der Waals surface area contributed by atoms with Crippen LogP contribution in [0.1, 0.15) is 37.4 Å². The van der Waals surface area contributed by atoms with Crippen molar-refractivity contribution in [2.24, 2.45) is 0 Å². The number of hydrogen-bond donors (Lipinski definition) is 2. The van der Waals surface area contributed by atoms with E-state index in [0.717, 1.165) is 16.7 Å². The van der Waals surface area contributed by atoms with Crippen molar-refractivity contribution in [2.45, 2.75) is 33.0 Å². The lowest BCUT2D eigenvalue weighted by atomic mass is 10.1. The SMILES string of the molecule is Cc1cccc(NC(=O)C(OC(=O)c2cccc(C)c2)C(OC(=O)c2cccc(C)c2)C(=O)O)c1. The first-order chi connectivity index (χ1) is 16.6. The van der Waals surface area contributed by atoms with E-state index >= 15 is 0 Å². The Labute approximate surface area is 202 Å². The molecule has 180 valence electrons. The van der Waals surface area contributed by atoms with Gasteiger partial charge in [0.1, 0.15) is 0 Å². The largest absolute Gasteiger partial charge is 0.478 e. The molecule has 8 nitrogen and oxygen atoms in total. The summed E-state index contributed by atoms with van der Waals surface area (Å²) < 4.78 is 10.5. The zero-order chi connectivity index (χ0) is 25.5. The molecule has 0 saturated carbocycles. The second kappa shape index (κ2) is 11.1. The number of carbonyl (C=O) groups excluding carboxylic acids is 3. The molecule has 0 aliphatic rings. The van der Waals surface area contributed by atoms with E-state index in [1.54, 1.807) is 56.3 Å². The average Bonchev–Trinajstić information content (AvgIpc) is 2.80. The maximum Gasteiger partial charge on any atom is 0.349 e. The van der Waals surface area contributed by atoms with Gasteiger partial charge in [0.25, 0.3) is 5.91 Å². The Bertz CT molecular complexity index is 1270. The van der Waals surface area contributed by atoms with Crippen molar-refractivity contribution >= 4 is 29.5 Å². The predicted molar refractivity (Wildman–Crippen MR) is 128 cm³/mol. The van der Waals surface area contributed by atoms with Crippen LogP contribution in [0.5, 0.6) is 0 Å². The third-order valence-corrected chi connectivity index (χ3v) is 5.04. The topological polar surface area (TPSA) is 119 Å².